The van der Waals surface area contributed by atoms with Crippen molar-refractivity contribution in [3.8, 4) is 5.75 Å². The highest BCUT2D eigenvalue weighted by Gasteiger charge is 2.38. The lowest BCUT2D eigenvalue weighted by atomic mass is 10.0. The van der Waals surface area contributed by atoms with Gasteiger partial charge in [-0.3, -0.25) is 9.48 Å². The van der Waals surface area contributed by atoms with Crippen molar-refractivity contribution in [2.75, 3.05) is 20.7 Å². The van der Waals surface area contributed by atoms with E-state index in [9.17, 15) is 26.4 Å². The molecule has 15 heteroatoms. The first kappa shape index (κ1) is 33.0. The number of fused-ring (bicyclic) bond motifs is 1. The molecule has 0 aliphatic carbocycles. The van der Waals surface area contributed by atoms with E-state index in [2.05, 4.69) is 11.4 Å². The molecule has 4 rings (SSSR count). The number of hydrogen-bond acceptors (Lipinski definition) is 8. The van der Waals surface area contributed by atoms with Gasteiger partial charge in [0.25, 0.3) is 0 Å². The number of halogens is 4. The lowest BCUT2D eigenvalue weighted by molar-refractivity contribution is -0.192. The Hall–Kier alpha value is -3.46. The molecule has 0 fully saturated rings. The molecule has 0 radical (unpaired) electrons. The minimum atomic E-state index is -5.08. The molecule has 0 aliphatic rings. The first-order valence-electron chi connectivity index (χ1n) is 12.3. The van der Waals surface area contributed by atoms with Gasteiger partial charge in [0.1, 0.15) is 21.5 Å². The molecule has 42 heavy (non-hydrogen) atoms. The molecule has 2 heterocycles. The number of ether oxygens (including phenoxy) is 1. The lowest BCUT2D eigenvalue weighted by Gasteiger charge is -2.07. The highest BCUT2D eigenvalue weighted by atomic mass is 35.5. The van der Waals surface area contributed by atoms with Gasteiger partial charge in [0.15, 0.2) is 9.84 Å². The molecule has 0 saturated carbocycles. The number of carbonyl (C=O) groups excluding carboxylic acids is 1. The Bertz CT molecular complexity index is 1670. The van der Waals surface area contributed by atoms with E-state index in [1.807, 2.05) is 30.3 Å². The molecule has 2 aromatic heterocycles. The molecular weight excluding hydrogens is 619 g/mol. The number of hydrogen-bond donors (Lipinski definition) is 2. The summed E-state index contributed by atoms with van der Waals surface area (Å²) in [5.74, 6) is -2.28. The summed E-state index contributed by atoms with van der Waals surface area (Å²) < 4.78 is 65.9. The predicted molar refractivity (Wildman–Crippen MR) is 153 cm³/mol. The summed E-state index contributed by atoms with van der Waals surface area (Å²) in [4.78, 5) is 20.8. The van der Waals surface area contributed by atoms with Crippen molar-refractivity contribution >= 4 is 55.4 Å². The van der Waals surface area contributed by atoms with Gasteiger partial charge in [-0.2, -0.15) is 18.3 Å². The molecule has 0 saturated heterocycles. The van der Waals surface area contributed by atoms with E-state index < -0.39 is 22.0 Å². The summed E-state index contributed by atoms with van der Waals surface area (Å²) in [6.45, 7) is 0.816. The van der Waals surface area contributed by atoms with E-state index in [0.29, 0.717) is 47.1 Å². The van der Waals surface area contributed by atoms with Crippen LogP contribution in [0.4, 0.5) is 13.2 Å². The van der Waals surface area contributed by atoms with Crippen LogP contribution in [0.15, 0.2) is 58.8 Å². The number of likely N-dealkylation sites (N-methyl/N-ethyl adjacent to an activating group) is 1. The van der Waals surface area contributed by atoms with Gasteiger partial charge in [-0.25, -0.2) is 13.2 Å². The van der Waals surface area contributed by atoms with Gasteiger partial charge in [-0.05, 0) is 48.9 Å². The van der Waals surface area contributed by atoms with E-state index in [-0.39, 0.29) is 15.7 Å². The third kappa shape index (κ3) is 8.77. The van der Waals surface area contributed by atoms with Gasteiger partial charge in [0.2, 0.25) is 0 Å². The van der Waals surface area contributed by atoms with Crippen LogP contribution in [0.25, 0.3) is 10.9 Å². The van der Waals surface area contributed by atoms with Crippen molar-refractivity contribution in [2.45, 2.75) is 35.5 Å². The van der Waals surface area contributed by atoms with Crippen LogP contribution in [-0.4, -0.2) is 61.9 Å². The lowest BCUT2D eigenvalue weighted by Crippen LogP contribution is -2.21. The van der Waals surface area contributed by atoms with Gasteiger partial charge in [-0.1, -0.05) is 41.9 Å². The third-order valence-corrected chi connectivity index (χ3v) is 9.29. The number of nitrogens with one attached hydrogen (secondary N) is 1. The Morgan fingerprint density at radius 1 is 1.12 bits per heavy atom. The fourth-order valence-electron chi connectivity index (χ4n) is 4.01. The molecule has 0 bridgehead atoms. The number of carboxylic acid groups (broad SMARTS) is 1. The molecule has 9 nitrogen and oxygen atoms in total. The van der Waals surface area contributed by atoms with Crippen molar-refractivity contribution in [2.24, 2.45) is 0 Å². The maximum atomic E-state index is 13.1. The van der Waals surface area contributed by atoms with Crippen molar-refractivity contribution in [3.05, 3.63) is 75.8 Å². The number of alkyl halides is 3. The second-order valence-electron chi connectivity index (χ2n) is 8.97. The predicted octanol–water partition coefficient (Wildman–Crippen LogP) is 5.14. The number of ketones is 1. The normalized spacial score (nSPS) is 11.7. The number of benzene rings is 2. The smallest absolute Gasteiger partial charge is 0.490 e. The largest absolute Gasteiger partial charge is 0.496 e. The van der Waals surface area contributed by atoms with Crippen molar-refractivity contribution in [1.82, 2.24) is 15.1 Å². The fourth-order valence-corrected chi connectivity index (χ4v) is 6.86. The van der Waals surface area contributed by atoms with E-state index in [1.54, 1.807) is 31.0 Å². The Balaban J connectivity index is 0.000000616. The van der Waals surface area contributed by atoms with Gasteiger partial charge in [0, 0.05) is 6.42 Å². The number of Topliss-reactive ketones (excluding diaryl/α,β-unsaturated/α-hetero) is 1. The monoisotopic (exact) mass is 645 g/mol. The molecule has 2 aromatic carbocycles. The maximum Gasteiger partial charge on any atom is 0.490 e. The summed E-state index contributed by atoms with van der Waals surface area (Å²) in [5, 5.41) is 15.4. The summed E-state index contributed by atoms with van der Waals surface area (Å²) in [5.41, 5.74) is 3.29. The van der Waals surface area contributed by atoms with Crippen LogP contribution in [0.3, 0.4) is 0 Å². The zero-order valence-corrected chi connectivity index (χ0v) is 24.8. The highest BCUT2D eigenvalue weighted by Crippen LogP contribution is 2.33. The first-order valence-corrected chi connectivity index (χ1v) is 15.1. The number of methoxy groups -OCH3 is 1. The summed E-state index contributed by atoms with van der Waals surface area (Å²) in [6.07, 6.45) is -3.95. The fraction of sp³-hybridized carbons (Fsp3) is 0.296. The van der Waals surface area contributed by atoms with Gasteiger partial charge in [0.05, 0.1) is 41.1 Å². The number of sulfone groups is 1. The number of carboxylic acids is 1. The highest BCUT2D eigenvalue weighted by molar-refractivity contribution is 7.92. The average molecular weight is 646 g/mol. The Morgan fingerprint density at radius 2 is 1.79 bits per heavy atom. The molecule has 0 spiro atoms. The van der Waals surface area contributed by atoms with Crippen molar-refractivity contribution < 1.29 is 41.0 Å². The minimum absolute atomic E-state index is 0.168. The standard InChI is InChI=1S/C25H26ClN3O4S2.C2HF3O2/c1-27-14-19(30)10-9-17-5-3-6-18(13-17)15-29-21-7-4-8-22(33-2)25(21)20(28-29)16-35(31,32)24-12-11-23(26)34-24;3-2(4,5)1(6)7/h3-8,11-13,27H,9-10,14-16H2,1-2H3;(H,6,7). The number of aromatic nitrogens is 2. The van der Waals surface area contributed by atoms with E-state index in [0.717, 1.165) is 28.0 Å². The second-order valence-corrected chi connectivity index (χ2v) is 12.9. The van der Waals surface area contributed by atoms with Crippen LogP contribution in [0.1, 0.15) is 23.2 Å². The van der Waals surface area contributed by atoms with Crippen LogP contribution in [-0.2, 0) is 38.1 Å². The van der Waals surface area contributed by atoms with Crippen LogP contribution >= 0.6 is 22.9 Å². The number of carbonyl (C=O) groups is 2. The summed E-state index contributed by atoms with van der Waals surface area (Å²) in [6, 6.07) is 16.7. The van der Waals surface area contributed by atoms with Gasteiger partial charge in [-0.15, -0.1) is 11.3 Å². The number of thiophene rings is 1. The van der Waals surface area contributed by atoms with E-state index in [4.69, 9.17) is 31.3 Å². The topological polar surface area (TPSA) is 128 Å². The number of rotatable bonds is 11. The number of aryl methyl sites for hydroxylation is 1. The second kappa shape index (κ2) is 14.1. The molecule has 2 N–H and O–H groups in total. The van der Waals surface area contributed by atoms with Crippen LogP contribution < -0.4 is 10.1 Å². The van der Waals surface area contributed by atoms with Crippen LogP contribution in [0.5, 0.6) is 5.75 Å². The number of aliphatic carboxylic acids is 1. The van der Waals surface area contributed by atoms with Crippen LogP contribution in [0.2, 0.25) is 4.34 Å². The number of nitrogens with zero attached hydrogens (tertiary/aromatic N) is 2. The van der Waals surface area contributed by atoms with Crippen LogP contribution in [0, 0.1) is 0 Å². The maximum absolute atomic E-state index is 13.1. The van der Waals surface area contributed by atoms with Crippen molar-refractivity contribution in [3.63, 3.8) is 0 Å². The molecule has 226 valence electrons. The Kier molecular flexibility index (Phi) is 11.1. The zero-order chi connectivity index (χ0) is 31.1. The third-order valence-electron chi connectivity index (χ3n) is 5.85. The zero-order valence-electron chi connectivity index (χ0n) is 22.4. The molecule has 0 amide bonds. The van der Waals surface area contributed by atoms with Gasteiger partial charge < -0.3 is 15.2 Å². The molecule has 0 aliphatic heterocycles. The Morgan fingerprint density at radius 3 is 2.38 bits per heavy atom. The van der Waals surface area contributed by atoms with Crippen molar-refractivity contribution in [1.29, 1.82) is 0 Å². The molecular formula is C27H27ClF3N3O6S2. The minimum Gasteiger partial charge on any atom is -0.496 e. The SMILES string of the molecule is CNCC(=O)CCc1cccc(Cn2nc(CS(=O)(=O)c3ccc(Cl)s3)c3c(OC)cccc32)c1.O=C(O)C(F)(F)F. The van der Waals surface area contributed by atoms with E-state index in [1.165, 1.54) is 6.07 Å². The quantitative estimate of drug-likeness (QED) is 0.230. The molecule has 4 aromatic rings. The average Bonchev–Trinajstić information content (AvgIpc) is 3.51. The van der Waals surface area contributed by atoms with E-state index >= 15 is 0 Å². The molecule has 0 atom stereocenters. The Labute approximate surface area is 248 Å². The van der Waals surface area contributed by atoms with Gasteiger partial charge >= 0.3 is 12.1 Å². The summed E-state index contributed by atoms with van der Waals surface area (Å²) in [7, 11) is -0.311. The summed E-state index contributed by atoms with van der Waals surface area (Å²) >= 11 is 7.00. The molecule has 0 unspecified atom stereocenters. The first-order chi connectivity index (χ1) is 19.7.